The van der Waals surface area contributed by atoms with Gasteiger partial charge in [-0.3, -0.25) is 9.59 Å². The number of piperidine rings is 1. The second kappa shape index (κ2) is 5.11. The molecule has 1 fully saturated rings. The number of carboxylic acids is 1. The van der Waals surface area contributed by atoms with E-state index in [0.29, 0.717) is 25.1 Å². The topological polar surface area (TPSA) is 83.6 Å². The van der Waals surface area contributed by atoms with Gasteiger partial charge in [-0.2, -0.15) is 0 Å². The number of benzene rings is 1. The minimum absolute atomic E-state index is 0.179. The molecule has 0 aliphatic carbocycles. The molecule has 1 atom stereocenters. The first-order valence-electron chi connectivity index (χ1n) is 6.42. The summed E-state index contributed by atoms with van der Waals surface area (Å²) in [4.78, 5) is 24.5. The number of rotatable bonds is 3. The van der Waals surface area contributed by atoms with E-state index in [9.17, 15) is 19.1 Å². The summed E-state index contributed by atoms with van der Waals surface area (Å²) in [5.74, 6) is -2.42. The van der Waals surface area contributed by atoms with Gasteiger partial charge in [-0.05, 0) is 31.9 Å². The fraction of sp³-hybridized carbons (Fsp3) is 0.429. The van der Waals surface area contributed by atoms with E-state index in [0.717, 1.165) is 0 Å². The van der Waals surface area contributed by atoms with Gasteiger partial charge in [0.2, 0.25) is 0 Å². The van der Waals surface area contributed by atoms with Crippen molar-refractivity contribution in [2.75, 3.05) is 18.0 Å². The third-order valence-corrected chi connectivity index (χ3v) is 3.79. The van der Waals surface area contributed by atoms with E-state index >= 15 is 0 Å². The number of carbonyl (C=O) groups is 2. The zero-order valence-corrected chi connectivity index (χ0v) is 11.2. The van der Waals surface area contributed by atoms with Gasteiger partial charge in [0.1, 0.15) is 5.82 Å². The minimum Gasteiger partial charge on any atom is -0.481 e. The van der Waals surface area contributed by atoms with E-state index < -0.39 is 23.1 Å². The summed E-state index contributed by atoms with van der Waals surface area (Å²) in [6.45, 7) is 2.46. The summed E-state index contributed by atoms with van der Waals surface area (Å²) in [6.07, 6.45) is 1.22. The lowest BCUT2D eigenvalue weighted by Crippen LogP contribution is -2.46. The van der Waals surface area contributed by atoms with Crippen LogP contribution in [0.15, 0.2) is 18.2 Å². The van der Waals surface area contributed by atoms with Gasteiger partial charge in [0.05, 0.1) is 16.7 Å². The van der Waals surface area contributed by atoms with Gasteiger partial charge in [0, 0.05) is 13.1 Å². The van der Waals surface area contributed by atoms with E-state index in [-0.39, 0.29) is 12.1 Å². The molecular weight excluding hydrogens is 263 g/mol. The Balaban J connectivity index is 2.40. The summed E-state index contributed by atoms with van der Waals surface area (Å²) < 4.78 is 13.8. The summed E-state index contributed by atoms with van der Waals surface area (Å²) in [6, 6.07) is 4.25. The van der Waals surface area contributed by atoms with Crippen molar-refractivity contribution in [3.05, 3.63) is 29.6 Å². The van der Waals surface area contributed by atoms with Crippen LogP contribution in [0.1, 0.15) is 30.1 Å². The van der Waals surface area contributed by atoms with E-state index in [1.165, 1.54) is 12.1 Å². The molecule has 1 unspecified atom stereocenters. The molecule has 0 aromatic heterocycles. The average molecular weight is 280 g/mol. The van der Waals surface area contributed by atoms with Gasteiger partial charge in [-0.1, -0.05) is 6.07 Å². The number of nitrogens with two attached hydrogens (primary N) is 1. The van der Waals surface area contributed by atoms with Crippen LogP contribution in [0, 0.1) is 11.2 Å². The minimum atomic E-state index is -0.903. The molecule has 2 rings (SSSR count). The zero-order chi connectivity index (χ0) is 14.9. The fourth-order valence-corrected chi connectivity index (χ4v) is 2.64. The maximum atomic E-state index is 13.8. The number of hydrogen-bond acceptors (Lipinski definition) is 3. The second-order valence-electron chi connectivity index (χ2n) is 5.39. The number of aliphatic carboxylic acids is 1. The lowest BCUT2D eigenvalue weighted by atomic mass is 9.81. The molecule has 1 saturated heterocycles. The highest BCUT2D eigenvalue weighted by molar-refractivity contribution is 5.99. The quantitative estimate of drug-likeness (QED) is 0.881. The van der Waals surface area contributed by atoms with Crippen molar-refractivity contribution in [1.29, 1.82) is 0 Å². The monoisotopic (exact) mass is 280 g/mol. The molecule has 1 aliphatic heterocycles. The maximum Gasteiger partial charge on any atom is 0.311 e. The number of carboxylic acid groups (broad SMARTS) is 1. The van der Waals surface area contributed by atoms with Gasteiger partial charge in [-0.15, -0.1) is 0 Å². The number of halogens is 1. The molecule has 1 amide bonds. The zero-order valence-electron chi connectivity index (χ0n) is 11.2. The predicted molar refractivity (Wildman–Crippen MR) is 72.1 cm³/mol. The highest BCUT2D eigenvalue weighted by Gasteiger charge is 2.38. The number of hydrogen-bond donors (Lipinski definition) is 2. The Kier molecular flexibility index (Phi) is 3.65. The highest BCUT2D eigenvalue weighted by Crippen LogP contribution is 2.34. The van der Waals surface area contributed by atoms with Gasteiger partial charge in [0.15, 0.2) is 0 Å². The summed E-state index contributed by atoms with van der Waals surface area (Å²) in [7, 11) is 0. The largest absolute Gasteiger partial charge is 0.481 e. The van der Waals surface area contributed by atoms with Gasteiger partial charge in [-0.25, -0.2) is 4.39 Å². The van der Waals surface area contributed by atoms with Crippen LogP contribution in [0.2, 0.25) is 0 Å². The Morgan fingerprint density at radius 3 is 2.75 bits per heavy atom. The van der Waals surface area contributed by atoms with Crippen LogP contribution in [0.5, 0.6) is 0 Å². The molecule has 0 radical (unpaired) electrons. The lowest BCUT2D eigenvalue weighted by Gasteiger charge is -2.39. The molecule has 3 N–H and O–H groups in total. The number of nitrogens with zero attached hydrogens (tertiary/aromatic N) is 1. The molecule has 1 aromatic rings. The van der Waals surface area contributed by atoms with Crippen molar-refractivity contribution in [3.63, 3.8) is 0 Å². The first-order valence-corrected chi connectivity index (χ1v) is 6.42. The van der Waals surface area contributed by atoms with E-state index in [2.05, 4.69) is 0 Å². The Morgan fingerprint density at radius 2 is 2.15 bits per heavy atom. The van der Waals surface area contributed by atoms with E-state index in [4.69, 9.17) is 5.73 Å². The molecule has 0 saturated carbocycles. The Hall–Kier alpha value is -2.11. The van der Waals surface area contributed by atoms with Crippen LogP contribution in [-0.2, 0) is 4.79 Å². The van der Waals surface area contributed by atoms with Gasteiger partial charge < -0.3 is 15.7 Å². The Labute approximate surface area is 116 Å². The van der Waals surface area contributed by atoms with Crippen LogP contribution < -0.4 is 10.6 Å². The third kappa shape index (κ3) is 2.45. The van der Waals surface area contributed by atoms with E-state index in [1.54, 1.807) is 17.9 Å². The standard InChI is InChI=1S/C14H17FN2O3/c1-14(13(19)20)6-3-7-17(8-14)10-5-2-4-9(15)11(10)12(16)18/h2,4-5H,3,6-8H2,1H3,(H2,16,18)(H,19,20). The molecule has 1 aromatic carbocycles. The SMILES string of the molecule is CC1(C(=O)O)CCCN(c2cccc(F)c2C(N)=O)C1. The van der Waals surface area contributed by atoms with Crippen LogP contribution in [0.3, 0.4) is 0 Å². The lowest BCUT2D eigenvalue weighted by molar-refractivity contribution is -0.148. The summed E-state index contributed by atoms with van der Waals surface area (Å²) in [5, 5.41) is 9.30. The predicted octanol–water partition coefficient (Wildman–Crippen LogP) is 1.62. The van der Waals surface area contributed by atoms with E-state index in [1.807, 2.05) is 0 Å². The number of carbonyl (C=O) groups excluding carboxylic acids is 1. The van der Waals surface area contributed by atoms with Crippen molar-refractivity contribution in [2.24, 2.45) is 11.1 Å². The van der Waals surface area contributed by atoms with Gasteiger partial charge in [0.25, 0.3) is 5.91 Å². The van der Waals surface area contributed by atoms with Crippen molar-refractivity contribution in [2.45, 2.75) is 19.8 Å². The highest BCUT2D eigenvalue weighted by atomic mass is 19.1. The van der Waals surface area contributed by atoms with Gasteiger partial charge >= 0.3 is 5.97 Å². The van der Waals surface area contributed by atoms with Crippen LogP contribution >= 0.6 is 0 Å². The fourth-order valence-electron chi connectivity index (χ4n) is 2.64. The van der Waals surface area contributed by atoms with Crippen molar-refractivity contribution in [3.8, 4) is 0 Å². The maximum absolute atomic E-state index is 13.8. The molecule has 20 heavy (non-hydrogen) atoms. The van der Waals surface area contributed by atoms with Crippen molar-refractivity contribution < 1.29 is 19.1 Å². The van der Waals surface area contributed by atoms with Crippen molar-refractivity contribution in [1.82, 2.24) is 0 Å². The first kappa shape index (κ1) is 14.3. The second-order valence-corrected chi connectivity index (χ2v) is 5.39. The number of amides is 1. The first-order chi connectivity index (χ1) is 9.35. The molecule has 5 nitrogen and oxygen atoms in total. The summed E-state index contributed by atoms with van der Waals surface area (Å²) in [5.41, 5.74) is 4.51. The third-order valence-electron chi connectivity index (χ3n) is 3.79. The average Bonchev–Trinajstić information content (AvgIpc) is 2.37. The smallest absolute Gasteiger partial charge is 0.311 e. The molecule has 1 aliphatic rings. The summed E-state index contributed by atoms with van der Waals surface area (Å²) >= 11 is 0. The molecule has 0 bridgehead atoms. The number of anilines is 1. The molecule has 1 heterocycles. The van der Waals surface area contributed by atoms with Crippen molar-refractivity contribution >= 4 is 17.6 Å². The molecule has 108 valence electrons. The Bertz CT molecular complexity index is 561. The normalized spacial score (nSPS) is 22.6. The van der Waals surface area contributed by atoms with Crippen LogP contribution in [0.25, 0.3) is 0 Å². The molecule has 6 heteroatoms. The van der Waals surface area contributed by atoms with Crippen LogP contribution in [0.4, 0.5) is 10.1 Å². The molecular formula is C14H17FN2O3. The Morgan fingerprint density at radius 1 is 1.45 bits per heavy atom. The molecule has 0 spiro atoms. The van der Waals surface area contributed by atoms with Crippen LogP contribution in [-0.4, -0.2) is 30.1 Å². The number of primary amides is 1.